The summed E-state index contributed by atoms with van der Waals surface area (Å²) >= 11 is 7.55. The number of anilines is 1. The average Bonchev–Trinajstić information content (AvgIpc) is 3.26. The largest absolute Gasteiger partial charge is 0.383 e. The van der Waals surface area contributed by atoms with Gasteiger partial charge in [0.05, 0.1) is 10.4 Å². The molecule has 1 saturated heterocycles. The van der Waals surface area contributed by atoms with Crippen LogP contribution in [-0.2, 0) is 11.3 Å². The van der Waals surface area contributed by atoms with Crippen molar-refractivity contribution in [1.29, 1.82) is 0 Å². The van der Waals surface area contributed by atoms with Crippen LogP contribution in [-0.4, -0.2) is 50.2 Å². The van der Waals surface area contributed by atoms with Crippen LogP contribution >= 0.6 is 22.9 Å². The number of carbonyl (C=O) groups excluding carboxylic acids is 2. The fraction of sp³-hybridized carbons (Fsp3) is 0.308. The molecule has 3 heterocycles. The van der Waals surface area contributed by atoms with Crippen LogP contribution in [0, 0.1) is 0 Å². The Bertz CT molecular complexity index is 1440. The van der Waals surface area contributed by atoms with Crippen molar-refractivity contribution in [3.63, 3.8) is 0 Å². The SMILES string of the molecule is CCC[C@H]1C(=O)N(Cc2ccc3c(N)ncnc3c2)[C@@H](C)CN1C(=O)c1cc2ccc(Cl)cc2s1. The van der Waals surface area contributed by atoms with Crippen LogP contribution in [0.2, 0.25) is 5.02 Å². The molecule has 9 heteroatoms. The minimum Gasteiger partial charge on any atom is -0.383 e. The topological polar surface area (TPSA) is 92.4 Å². The van der Waals surface area contributed by atoms with Gasteiger partial charge in [-0.05, 0) is 54.6 Å². The third kappa shape index (κ3) is 4.44. The number of rotatable bonds is 5. The van der Waals surface area contributed by atoms with E-state index in [-0.39, 0.29) is 17.9 Å². The Morgan fingerprint density at radius 3 is 2.83 bits per heavy atom. The number of carbonyl (C=O) groups is 2. The Morgan fingerprint density at radius 1 is 1.20 bits per heavy atom. The first-order valence-corrected chi connectivity index (χ1v) is 12.8. The van der Waals surface area contributed by atoms with E-state index < -0.39 is 6.04 Å². The van der Waals surface area contributed by atoms with E-state index in [4.69, 9.17) is 17.3 Å². The number of nitrogens with two attached hydrogens (primary N) is 1. The van der Waals surface area contributed by atoms with Crippen LogP contribution in [0.25, 0.3) is 21.0 Å². The van der Waals surface area contributed by atoms with Crippen LogP contribution in [0.5, 0.6) is 0 Å². The molecule has 4 aromatic rings. The molecule has 2 N–H and O–H groups in total. The lowest BCUT2D eigenvalue weighted by Gasteiger charge is -2.44. The number of nitrogen functional groups attached to an aromatic ring is 1. The zero-order valence-electron chi connectivity index (χ0n) is 19.6. The van der Waals surface area contributed by atoms with Crippen molar-refractivity contribution < 1.29 is 9.59 Å². The molecule has 180 valence electrons. The highest BCUT2D eigenvalue weighted by Gasteiger charge is 2.41. The first kappa shape index (κ1) is 23.5. The number of piperazine rings is 1. The van der Waals surface area contributed by atoms with E-state index in [0.717, 1.165) is 33.0 Å². The molecular formula is C26H26ClN5O2S. The Kier molecular flexibility index (Phi) is 6.34. The number of benzene rings is 2. The second kappa shape index (κ2) is 9.43. The molecule has 0 saturated carbocycles. The molecular weight excluding hydrogens is 482 g/mol. The molecule has 2 atom stereocenters. The minimum atomic E-state index is -0.490. The standard InChI is InChI=1S/C26H26ClN5O2S/c1-3-4-21-25(33)31(13-16-5-8-19-20(9-16)29-14-30-24(19)28)15(2)12-32(21)26(34)23-10-17-6-7-18(27)11-22(17)35-23/h5-11,14-15,21H,3-4,12-13H2,1-2H3,(H2,28,29,30)/t15-,21-/m0/s1. The lowest BCUT2D eigenvalue weighted by atomic mass is 10.0. The lowest BCUT2D eigenvalue weighted by molar-refractivity contribution is -0.144. The van der Waals surface area contributed by atoms with Gasteiger partial charge >= 0.3 is 0 Å². The van der Waals surface area contributed by atoms with Gasteiger partial charge in [-0.15, -0.1) is 11.3 Å². The van der Waals surface area contributed by atoms with Crippen LogP contribution in [0.15, 0.2) is 48.8 Å². The summed E-state index contributed by atoms with van der Waals surface area (Å²) in [5.41, 5.74) is 7.66. The zero-order chi connectivity index (χ0) is 24.7. The molecule has 35 heavy (non-hydrogen) atoms. The van der Waals surface area contributed by atoms with Crippen LogP contribution < -0.4 is 5.73 Å². The smallest absolute Gasteiger partial charge is 0.264 e. The number of thiophene rings is 1. The summed E-state index contributed by atoms with van der Waals surface area (Å²) in [7, 11) is 0. The number of halogens is 1. The van der Waals surface area contributed by atoms with Crippen molar-refractivity contribution in [2.75, 3.05) is 12.3 Å². The van der Waals surface area contributed by atoms with Crippen molar-refractivity contribution in [2.24, 2.45) is 0 Å². The fourth-order valence-electron chi connectivity index (χ4n) is 4.73. The molecule has 2 aromatic carbocycles. The molecule has 2 aromatic heterocycles. The van der Waals surface area contributed by atoms with Gasteiger partial charge in [0.25, 0.3) is 5.91 Å². The van der Waals surface area contributed by atoms with Gasteiger partial charge in [0.15, 0.2) is 0 Å². The van der Waals surface area contributed by atoms with E-state index in [9.17, 15) is 9.59 Å². The van der Waals surface area contributed by atoms with E-state index in [1.807, 2.05) is 61.2 Å². The van der Waals surface area contributed by atoms with Gasteiger partial charge in [-0.2, -0.15) is 0 Å². The van der Waals surface area contributed by atoms with Crippen molar-refractivity contribution in [1.82, 2.24) is 19.8 Å². The number of amides is 2. The molecule has 1 fully saturated rings. The molecule has 0 radical (unpaired) electrons. The summed E-state index contributed by atoms with van der Waals surface area (Å²) in [6.45, 7) is 4.95. The number of fused-ring (bicyclic) bond motifs is 2. The molecule has 1 aliphatic rings. The van der Waals surface area contributed by atoms with Crippen molar-refractivity contribution >= 4 is 61.6 Å². The Morgan fingerprint density at radius 2 is 2.03 bits per heavy atom. The van der Waals surface area contributed by atoms with Crippen molar-refractivity contribution in [2.45, 2.75) is 45.3 Å². The number of hydrogen-bond donors (Lipinski definition) is 1. The molecule has 1 aliphatic heterocycles. The van der Waals surface area contributed by atoms with Gasteiger partial charge in [0.1, 0.15) is 18.2 Å². The molecule has 0 aliphatic carbocycles. The number of aromatic nitrogens is 2. The Balaban J connectivity index is 1.41. The lowest BCUT2D eigenvalue weighted by Crippen LogP contribution is -2.61. The Hall–Kier alpha value is -3.23. The summed E-state index contributed by atoms with van der Waals surface area (Å²) in [6.07, 6.45) is 2.86. The monoisotopic (exact) mass is 507 g/mol. The summed E-state index contributed by atoms with van der Waals surface area (Å²) in [6, 6.07) is 12.7. The maximum Gasteiger partial charge on any atom is 0.264 e. The van der Waals surface area contributed by atoms with E-state index in [1.54, 1.807) is 4.90 Å². The molecule has 0 bridgehead atoms. The highest BCUT2D eigenvalue weighted by atomic mass is 35.5. The van der Waals surface area contributed by atoms with E-state index in [2.05, 4.69) is 9.97 Å². The molecule has 0 spiro atoms. The van der Waals surface area contributed by atoms with Crippen LogP contribution in [0.1, 0.15) is 41.9 Å². The van der Waals surface area contributed by atoms with Gasteiger partial charge < -0.3 is 15.5 Å². The zero-order valence-corrected chi connectivity index (χ0v) is 21.1. The summed E-state index contributed by atoms with van der Waals surface area (Å²) in [5, 5.41) is 2.41. The molecule has 0 unspecified atom stereocenters. The third-order valence-electron chi connectivity index (χ3n) is 6.54. The van der Waals surface area contributed by atoms with E-state index in [1.165, 1.54) is 17.7 Å². The van der Waals surface area contributed by atoms with E-state index >= 15 is 0 Å². The minimum absolute atomic E-state index is 0.0228. The highest BCUT2D eigenvalue weighted by molar-refractivity contribution is 7.20. The summed E-state index contributed by atoms with van der Waals surface area (Å²) < 4.78 is 0.964. The molecule has 2 amide bonds. The third-order valence-corrected chi connectivity index (χ3v) is 7.86. The van der Waals surface area contributed by atoms with Crippen LogP contribution in [0.4, 0.5) is 5.82 Å². The summed E-state index contributed by atoms with van der Waals surface area (Å²) in [4.78, 5) is 39.9. The van der Waals surface area contributed by atoms with Gasteiger partial charge in [-0.1, -0.05) is 37.1 Å². The Labute approximate surface area is 212 Å². The average molecular weight is 508 g/mol. The van der Waals surface area contributed by atoms with Gasteiger partial charge in [0.2, 0.25) is 5.91 Å². The number of hydrogen-bond acceptors (Lipinski definition) is 6. The fourth-order valence-corrected chi connectivity index (χ4v) is 6.03. The maximum absolute atomic E-state index is 13.7. The maximum atomic E-state index is 13.7. The van der Waals surface area contributed by atoms with Gasteiger partial charge in [-0.25, -0.2) is 9.97 Å². The van der Waals surface area contributed by atoms with E-state index in [0.29, 0.717) is 35.2 Å². The summed E-state index contributed by atoms with van der Waals surface area (Å²) in [5.74, 6) is 0.313. The normalized spacial score (nSPS) is 18.5. The highest BCUT2D eigenvalue weighted by Crippen LogP contribution is 2.31. The predicted octanol–water partition coefficient (Wildman–Crippen LogP) is 5.12. The van der Waals surface area contributed by atoms with Gasteiger partial charge in [0, 0.05) is 34.2 Å². The predicted molar refractivity (Wildman–Crippen MR) is 141 cm³/mol. The van der Waals surface area contributed by atoms with Crippen molar-refractivity contribution in [3.05, 3.63) is 64.3 Å². The van der Waals surface area contributed by atoms with Crippen LogP contribution in [0.3, 0.4) is 0 Å². The first-order valence-electron chi connectivity index (χ1n) is 11.7. The molecule has 7 nitrogen and oxygen atoms in total. The van der Waals surface area contributed by atoms with Gasteiger partial charge in [-0.3, -0.25) is 9.59 Å². The molecule has 5 rings (SSSR count). The second-order valence-electron chi connectivity index (χ2n) is 8.98. The quantitative estimate of drug-likeness (QED) is 0.404. The number of nitrogens with zero attached hydrogens (tertiary/aromatic N) is 4. The van der Waals surface area contributed by atoms with Crippen molar-refractivity contribution in [3.8, 4) is 0 Å². The second-order valence-corrected chi connectivity index (χ2v) is 10.5. The first-order chi connectivity index (χ1) is 16.9.